The first-order chi connectivity index (χ1) is 8.49. The van der Waals surface area contributed by atoms with Crippen LogP contribution in [0.5, 0.6) is 0 Å². The molecule has 0 spiro atoms. The van der Waals surface area contributed by atoms with E-state index in [2.05, 4.69) is 8.83 Å². The summed E-state index contributed by atoms with van der Waals surface area (Å²) in [4.78, 5) is 26.0. The fraction of sp³-hybridized carbons (Fsp3) is 1.00. The van der Waals surface area contributed by atoms with Gasteiger partial charge in [0.2, 0.25) is 5.79 Å². The van der Waals surface area contributed by atoms with Crippen LogP contribution in [0.15, 0.2) is 0 Å². The first kappa shape index (κ1) is 17.2. The summed E-state index contributed by atoms with van der Waals surface area (Å²) in [6.07, 6.45) is -3.31. The number of aliphatic hydroxyl groups excluding tert-OH is 3. The highest BCUT2D eigenvalue weighted by atomic mass is 31.3. The van der Waals surface area contributed by atoms with E-state index in [-0.39, 0.29) is 0 Å². The molecule has 13 heteroatoms. The van der Waals surface area contributed by atoms with Crippen LogP contribution < -0.4 is 0 Å². The predicted octanol–water partition coefficient (Wildman–Crippen LogP) is -1.96. The number of aliphatic hydroxyl groups is 3. The van der Waals surface area contributed by atoms with E-state index in [1.54, 1.807) is 0 Å². The molecule has 1 heterocycles. The van der Waals surface area contributed by atoms with Gasteiger partial charge in [-0.2, -0.15) is 4.31 Å². The third-order valence-electron chi connectivity index (χ3n) is 2.21. The summed E-state index contributed by atoms with van der Waals surface area (Å²) in [5.41, 5.74) is 0. The molecule has 0 bridgehead atoms. The molecule has 0 aliphatic carbocycles. The summed E-state index contributed by atoms with van der Waals surface area (Å²) < 4.78 is 34.5. The van der Waals surface area contributed by atoms with Crippen molar-refractivity contribution < 1.29 is 52.7 Å². The van der Waals surface area contributed by atoms with Crippen molar-refractivity contribution in [3.05, 3.63) is 0 Å². The maximum Gasteiger partial charge on any atom is 0.483 e. The Kier molecular flexibility index (Phi) is 5.27. The van der Waals surface area contributed by atoms with E-state index in [9.17, 15) is 19.3 Å². The number of hydrogen-bond donors (Lipinski definition) is 6. The summed E-state index contributed by atoms with van der Waals surface area (Å²) in [5, 5.41) is 27.7. The Morgan fingerprint density at radius 2 is 1.79 bits per heavy atom. The Hall–Kier alpha value is 0.1000. The maximum atomic E-state index is 11.3. The van der Waals surface area contributed by atoms with Gasteiger partial charge in [0, 0.05) is 6.42 Å². The first-order valence-electron chi connectivity index (χ1n) is 4.90. The van der Waals surface area contributed by atoms with Crippen LogP contribution in [0, 0.1) is 0 Å². The lowest BCUT2D eigenvalue weighted by molar-refractivity contribution is -0.272. The molecule has 19 heavy (non-hydrogen) atoms. The van der Waals surface area contributed by atoms with Crippen LogP contribution in [0.4, 0.5) is 0 Å². The van der Waals surface area contributed by atoms with Gasteiger partial charge in [-0.05, 0) is 0 Å². The third-order valence-corrected chi connectivity index (χ3v) is 4.45. The van der Waals surface area contributed by atoms with Crippen molar-refractivity contribution >= 4 is 15.6 Å². The number of rotatable bonds is 5. The highest BCUT2D eigenvalue weighted by molar-refractivity contribution is 7.60. The molecule has 0 amide bonds. The smallest absolute Gasteiger partial charge is 0.391 e. The van der Waals surface area contributed by atoms with Gasteiger partial charge in [-0.15, -0.1) is 0 Å². The minimum absolute atomic E-state index is 0.516. The number of ether oxygens (including phenoxy) is 1. The van der Waals surface area contributed by atoms with Crippen LogP contribution in [-0.4, -0.2) is 61.2 Å². The maximum absolute atomic E-state index is 11.3. The second-order valence-electron chi connectivity index (χ2n) is 3.85. The van der Waals surface area contributed by atoms with Gasteiger partial charge in [-0.25, -0.2) is 9.13 Å². The van der Waals surface area contributed by atoms with Gasteiger partial charge in [0.25, 0.3) is 0 Å². The number of phosphoric acid groups is 2. The molecule has 1 unspecified atom stereocenters. The largest absolute Gasteiger partial charge is 0.483 e. The molecule has 1 aliphatic heterocycles. The zero-order chi connectivity index (χ0) is 14.9. The van der Waals surface area contributed by atoms with Gasteiger partial charge in [0.15, 0.2) is 0 Å². The lowest BCUT2D eigenvalue weighted by atomic mass is 10.0. The van der Waals surface area contributed by atoms with Crippen molar-refractivity contribution in [2.24, 2.45) is 0 Å². The number of hydrogen-bond acceptors (Lipinski definition) is 8. The summed E-state index contributed by atoms with van der Waals surface area (Å²) >= 11 is 0. The summed E-state index contributed by atoms with van der Waals surface area (Å²) in [5.74, 6) is -2.21. The van der Waals surface area contributed by atoms with E-state index in [1.807, 2.05) is 0 Å². The molecule has 1 fully saturated rings. The van der Waals surface area contributed by atoms with Crippen molar-refractivity contribution in [3.8, 4) is 0 Å². The second-order valence-corrected chi connectivity index (χ2v) is 6.60. The van der Waals surface area contributed by atoms with E-state index in [1.165, 1.54) is 0 Å². The molecule has 0 radical (unpaired) electrons. The second kappa shape index (κ2) is 5.84. The van der Waals surface area contributed by atoms with E-state index in [0.29, 0.717) is 0 Å². The van der Waals surface area contributed by atoms with Crippen LogP contribution in [-0.2, 0) is 22.7 Å². The predicted molar refractivity (Wildman–Crippen MR) is 56.4 cm³/mol. The fourth-order valence-electron chi connectivity index (χ4n) is 1.43. The lowest BCUT2D eigenvalue weighted by Gasteiger charge is -2.39. The van der Waals surface area contributed by atoms with E-state index < -0.39 is 53.3 Å². The van der Waals surface area contributed by atoms with Crippen molar-refractivity contribution in [2.75, 3.05) is 13.2 Å². The lowest BCUT2D eigenvalue weighted by Crippen LogP contribution is -2.52. The van der Waals surface area contributed by atoms with E-state index in [0.717, 1.165) is 0 Å². The van der Waals surface area contributed by atoms with Crippen LogP contribution >= 0.6 is 15.6 Å². The minimum atomic E-state index is -5.31. The van der Waals surface area contributed by atoms with Crippen molar-refractivity contribution in [1.29, 1.82) is 0 Å². The van der Waals surface area contributed by atoms with Crippen LogP contribution in [0.3, 0.4) is 0 Å². The Bertz CT molecular complexity index is 406. The third kappa shape index (κ3) is 5.18. The van der Waals surface area contributed by atoms with Gasteiger partial charge < -0.3 is 34.7 Å². The van der Waals surface area contributed by atoms with Crippen LogP contribution in [0.2, 0.25) is 0 Å². The molecule has 1 rings (SSSR count). The topological polar surface area (TPSA) is 183 Å². The molecular weight excluding hydrogens is 310 g/mol. The number of phosphoric ester groups is 1. The fourth-order valence-corrected chi connectivity index (χ4v) is 3.24. The Morgan fingerprint density at radius 1 is 1.21 bits per heavy atom. The molecule has 0 aromatic rings. The van der Waals surface area contributed by atoms with Gasteiger partial charge in [-0.1, -0.05) is 0 Å². The normalized spacial score (nSPS) is 35.9. The van der Waals surface area contributed by atoms with Crippen molar-refractivity contribution in [2.45, 2.75) is 24.4 Å². The average molecular weight is 324 g/mol. The van der Waals surface area contributed by atoms with E-state index >= 15 is 0 Å². The standard InChI is InChI=1S/C6H14O11P2/c7-3-6(1-4(8)5(9)2-15-6)16-19(13,14)17-18(10,11)12/h4-5,7-9H,1-3H2,(H,13,14)(H2,10,11,12)/t4-,5-,6-/m0/s1. The van der Waals surface area contributed by atoms with E-state index in [4.69, 9.17) is 24.5 Å². The van der Waals surface area contributed by atoms with Crippen molar-refractivity contribution in [1.82, 2.24) is 0 Å². The van der Waals surface area contributed by atoms with Gasteiger partial charge in [0.1, 0.15) is 6.10 Å². The zero-order valence-corrected chi connectivity index (χ0v) is 11.2. The summed E-state index contributed by atoms with van der Waals surface area (Å²) in [6, 6.07) is 0. The minimum Gasteiger partial charge on any atom is -0.391 e. The van der Waals surface area contributed by atoms with Crippen LogP contribution in [0.25, 0.3) is 0 Å². The molecule has 0 saturated carbocycles. The van der Waals surface area contributed by atoms with Gasteiger partial charge in [0.05, 0.1) is 19.3 Å². The first-order valence-corrected chi connectivity index (χ1v) is 7.93. The molecule has 1 aliphatic rings. The molecule has 11 nitrogen and oxygen atoms in total. The monoisotopic (exact) mass is 324 g/mol. The average Bonchev–Trinajstić information content (AvgIpc) is 2.19. The molecule has 0 aromatic carbocycles. The zero-order valence-electron chi connectivity index (χ0n) is 9.39. The van der Waals surface area contributed by atoms with Crippen molar-refractivity contribution in [3.63, 3.8) is 0 Å². The quantitative estimate of drug-likeness (QED) is 0.309. The highest BCUT2D eigenvalue weighted by Gasteiger charge is 2.48. The van der Waals surface area contributed by atoms with Gasteiger partial charge in [-0.3, -0.25) is 4.52 Å². The Morgan fingerprint density at radius 3 is 2.21 bits per heavy atom. The Balaban J connectivity index is 2.82. The molecule has 6 N–H and O–H groups in total. The SMILES string of the molecule is O=P(O)(O)OP(=O)(O)O[C@]1(CO)C[C@H](O)[C@@H](O)CO1. The molecule has 4 atom stereocenters. The summed E-state index contributed by atoms with van der Waals surface area (Å²) in [6.45, 7) is -1.52. The molecule has 114 valence electrons. The summed E-state index contributed by atoms with van der Waals surface area (Å²) in [7, 11) is -10.6. The Labute approximate surface area is 107 Å². The highest BCUT2D eigenvalue weighted by Crippen LogP contribution is 2.60. The van der Waals surface area contributed by atoms with Crippen LogP contribution in [0.1, 0.15) is 6.42 Å². The van der Waals surface area contributed by atoms with Gasteiger partial charge >= 0.3 is 15.6 Å². The molecule has 1 saturated heterocycles. The molecule has 0 aromatic heterocycles. The molecular formula is C6H14O11P2.